The zero-order valence-electron chi connectivity index (χ0n) is 14.6. The van der Waals surface area contributed by atoms with E-state index in [1.165, 1.54) is 10.9 Å². The normalized spacial score (nSPS) is 21.9. The number of ether oxygens (including phenoxy) is 3. The van der Waals surface area contributed by atoms with E-state index in [9.17, 15) is 9.59 Å². The fourth-order valence-electron chi connectivity index (χ4n) is 3.63. The zero-order chi connectivity index (χ0) is 18.1. The Hall–Kier alpha value is -2.45. The maximum Gasteiger partial charge on any atom is 0.265 e. The highest BCUT2D eigenvalue weighted by atomic mass is 16.7. The Balaban J connectivity index is 1.56. The summed E-state index contributed by atoms with van der Waals surface area (Å²) >= 11 is 0. The molecule has 0 saturated carbocycles. The molecule has 2 atom stereocenters. The first kappa shape index (κ1) is 17.0. The van der Waals surface area contributed by atoms with Gasteiger partial charge in [0.25, 0.3) is 5.56 Å². The molecule has 138 valence electrons. The van der Waals surface area contributed by atoms with Gasteiger partial charge in [-0.15, -0.1) is 0 Å². The number of ketones is 1. The molecule has 1 aromatic heterocycles. The van der Waals surface area contributed by atoms with Gasteiger partial charge in [0, 0.05) is 19.6 Å². The smallest absolute Gasteiger partial charge is 0.265 e. The van der Waals surface area contributed by atoms with E-state index in [1.807, 2.05) is 0 Å². The standard InChI is InChI=1S/C18H21N3O5/c1-24-14-3-2-6-19-13(14)7-11(22)8-21-9-20-12-4-5-15-17(26-10-25-15)16(12)18(21)23/h4-5,9,13-14,19H,2-3,6-8,10H2,1H3/t13-,14?/m1/s1. The number of carbonyl (C=O) groups excluding carboxylic acids is 1. The molecule has 0 amide bonds. The van der Waals surface area contributed by atoms with E-state index < -0.39 is 0 Å². The Bertz CT molecular complexity index is 894. The van der Waals surface area contributed by atoms with Crippen molar-refractivity contribution in [2.75, 3.05) is 20.4 Å². The topological polar surface area (TPSA) is 91.7 Å². The Kier molecular flexibility index (Phi) is 4.60. The van der Waals surface area contributed by atoms with E-state index >= 15 is 0 Å². The summed E-state index contributed by atoms with van der Waals surface area (Å²) in [6.45, 7) is 0.924. The number of methoxy groups -OCH3 is 1. The third-order valence-electron chi connectivity index (χ3n) is 4.95. The first-order valence-corrected chi connectivity index (χ1v) is 8.73. The van der Waals surface area contributed by atoms with Crippen molar-refractivity contribution in [1.29, 1.82) is 0 Å². The van der Waals surface area contributed by atoms with Crippen molar-refractivity contribution in [3.8, 4) is 11.5 Å². The monoisotopic (exact) mass is 359 g/mol. The van der Waals surface area contributed by atoms with Crippen molar-refractivity contribution in [1.82, 2.24) is 14.9 Å². The highest BCUT2D eigenvalue weighted by molar-refractivity contribution is 5.87. The number of benzene rings is 1. The number of carbonyl (C=O) groups is 1. The highest BCUT2D eigenvalue weighted by Crippen LogP contribution is 2.36. The van der Waals surface area contributed by atoms with Gasteiger partial charge in [-0.25, -0.2) is 4.98 Å². The summed E-state index contributed by atoms with van der Waals surface area (Å²) in [6, 6.07) is 3.42. The maximum absolute atomic E-state index is 12.8. The van der Waals surface area contributed by atoms with Gasteiger partial charge in [-0.2, -0.15) is 0 Å². The fraction of sp³-hybridized carbons (Fsp3) is 0.500. The van der Waals surface area contributed by atoms with E-state index in [2.05, 4.69) is 10.3 Å². The van der Waals surface area contributed by atoms with Crippen LogP contribution in [-0.2, 0) is 16.1 Å². The zero-order valence-corrected chi connectivity index (χ0v) is 14.6. The summed E-state index contributed by atoms with van der Waals surface area (Å²) in [5.41, 5.74) is 0.224. The molecule has 2 aromatic rings. The lowest BCUT2D eigenvalue weighted by atomic mass is 9.96. The van der Waals surface area contributed by atoms with Crippen LogP contribution in [0.15, 0.2) is 23.3 Å². The molecule has 1 unspecified atom stereocenters. The minimum atomic E-state index is -0.300. The van der Waals surface area contributed by atoms with Crippen LogP contribution in [-0.4, -0.2) is 47.9 Å². The second-order valence-corrected chi connectivity index (χ2v) is 6.59. The number of aromatic nitrogens is 2. The lowest BCUT2D eigenvalue weighted by Gasteiger charge is -2.31. The molecule has 3 heterocycles. The van der Waals surface area contributed by atoms with Gasteiger partial charge < -0.3 is 19.5 Å². The molecular weight excluding hydrogens is 338 g/mol. The molecule has 8 nitrogen and oxygen atoms in total. The molecule has 1 saturated heterocycles. The van der Waals surface area contributed by atoms with Crippen molar-refractivity contribution in [3.63, 3.8) is 0 Å². The molecule has 26 heavy (non-hydrogen) atoms. The van der Waals surface area contributed by atoms with E-state index in [0.717, 1.165) is 19.4 Å². The van der Waals surface area contributed by atoms with Crippen LogP contribution in [0.1, 0.15) is 19.3 Å². The fourth-order valence-corrected chi connectivity index (χ4v) is 3.63. The average Bonchev–Trinajstić information content (AvgIpc) is 3.13. The molecule has 1 fully saturated rings. The second-order valence-electron chi connectivity index (χ2n) is 6.59. The number of hydrogen-bond acceptors (Lipinski definition) is 7. The minimum Gasteiger partial charge on any atom is -0.454 e. The van der Waals surface area contributed by atoms with Crippen LogP contribution in [0.5, 0.6) is 11.5 Å². The number of rotatable bonds is 5. The number of nitrogens with one attached hydrogen (secondary N) is 1. The third-order valence-corrected chi connectivity index (χ3v) is 4.95. The van der Waals surface area contributed by atoms with Gasteiger partial charge in [0.15, 0.2) is 17.3 Å². The van der Waals surface area contributed by atoms with E-state index in [1.54, 1.807) is 19.2 Å². The molecule has 0 bridgehead atoms. The molecule has 1 N–H and O–H groups in total. The van der Waals surface area contributed by atoms with Crippen LogP contribution in [0.25, 0.3) is 10.9 Å². The molecule has 4 rings (SSSR count). The Morgan fingerprint density at radius 3 is 3.15 bits per heavy atom. The summed E-state index contributed by atoms with van der Waals surface area (Å²) in [5, 5.41) is 3.68. The summed E-state index contributed by atoms with van der Waals surface area (Å²) in [4.78, 5) is 29.6. The SMILES string of the molecule is COC1CCCN[C@@H]1CC(=O)Cn1cnc2ccc3c(c2c1=O)OCO3. The van der Waals surface area contributed by atoms with E-state index in [-0.39, 0.29) is 36.8 Å². The predicted molar refractivity (Wildman–Crippen MR) is 93.6 cm³/mol. The minimum absolute atomic E-state index is 0.0213. The third kappa shape index (κ3) is 3.06. The number of hydrogen-bond donors (Lipinski definition) is 1. The van der Waals surface area contributed by atoms with Gasteiger partial charge >= 0.3 is 0 Å². The number of fused-ring (bicyclic) bond motifs is 3. The summed E-state index contributed by atoms with van der Waals surface area (Å²) < 4.78 is 17.5. The molecule has 2 aliphatic rings. The summed E-state index contributed by atoms with van der Waals surface area (Å²) in [7, 11) is 1.66. The number of Topliss-reactive ketones (excluding diaryl/α,β-unsaturated/α-hetero) is 1. The van der Waals surface area contributed by atoms with E-state index in [0.29, 0.717) is 28.8 Å². The van der Waals surface area contributed by atoms with Crippen LogP contribution in [0.3, 0.4) is 0 Å². The van der Waals surface area contributed by atoms with Crippen molar-refractivity contribution >= 4 is 16.7 Å². The van der Waals surface area contributed by atoms with Crippen LogP contribution in [0, 0.1) is 0 Å². The summed E-state index contributed by atoms with van der Waals surface area (Å²) in [6.07, 6.45) is 3.71. The second kappa shape index (κ2) is 7.05. The van der Waals surface area contributed by atoms with E-state index in [4.69, 9.17) is 14.2 Å². The van der Waals surface area contributed by atoms with Gasteiger partial charge in [-0.05, 0) is 31.5 Å². The highest BCUT2D eigenvalue weighted by Gasteiger charge is 2.27. The molecule has 0 radical (unpaired) electrons. The van der Waals surface area contributed by atoms with Gasteiger partial charge in [-0.3, -0.25) is 14.2 Å². The lowest BCUT2D eigenvalue weighted by molar-refractivity contribution is -0.121. The number of piperidine rings is 1. The van der Waals surface area contributed by atoms with Crippen LogP contribution < -0.4 is 20.3 Å². The van der Waals surface area contributed by atoms with Gasteiger partial charge in [0.05, 0.1) is 24.5 Å². The Labute approximate surface area is 150 Å². The average molecular weight is 359 g/mol. The van der Waals surface area contributed by atoms with Crippen LogP contribution in [0.2, 0.25) is 0 Å². The van der Waals surface area contributed by atoms with Crippen molar-refractivity contribution in [2.24, 2.45) is 0 Å². The largest absolute Gasteiger partial charge is 0.454 e. The molecule has 0 aliphatic carbocycles. The van der Waals surface area contributed by atoms with Crippen LogP contribution in [0.4, 0.5) is 0 Å². The van der Waals surface area contributed by atoms with Gasteiger partial charge in [-0.1, -0.05) is 0 Å². The molecule has 8 heteroatoms. The first-order chi connectivity index (χ1) is 12.7. The number of nitrogens with zero attached hydrogens (tertiary/aromatic N) is 2. The quantitative estimate of drug-likeness (QED) is 0.846. The van der Waals surface area contributed by atoms with Gasteiger partial charge in [0.1, 0.15) is 5.39 Å². The Morgan fingerprint density at radius 2 is 2.31 bits per heavy atom. The summed E-state index contributed by atoms with van der Waals surface area (Å²) in [5.74, 6) is 0.879. The molecule has 2 aliphatic heterocycles. The molecular formula is C18H21N3O5. The first-order valence-electron chi connectivity index (χ1n) is 8.73. The Morgan fingerprint density at radius 1 is 1.42 bits per heavy atom. The van der Waals surface area contributed by atoms with Crippen LogP contribution >= 0.6 is 0 Å². The predicted octanol–water partition coefficient (Wildman–Crippen LogP) is 0.851. The van der Waals surface area contributed by atoms with Crippen molar-refractivity contribution < 1.29 is 19.0 Å². The van der Waals surface area contributed by atoms with Gasteiger partial charge in [0.2, 0.25) is 6.79 Å². The maximum atomic E-state index is 12.8. The molecule has 1 aromatic carbocycles. The van der Waals surface area contributed by atoms with Crippen molar-refractivity contribution in [3.05, 3.63) is 28.8 Å². The molecule has 0 spiro atoms. The lowest BCUT2D eigenvalue weighted by Crippen LogP contribution is -2.47. The van der Waals surface area contributed by atoms with Crippen molar-refractivity contribution in [2.45, 2.75) is 38.0 Å².